The van der Waals surface area contributed by atoms with Gasteiger partial charge in [-0.2, -0.15) is 18.3 Å². The van der Waals surface area contributed by atoms with Crippen LogP contribution in [0, 0.1) is 0 Å². The minimum absolute atomic E-state index is 0.164. The molecule has 0 aromatic carbocycles. The van der Waals surface area contributed by atoms with E-state index in [1.165, 1.54) is 0 Å². The Morgan fingerprint density at radius 2 is 2.26 bits per heavy atom. The molecule has 1 aromatic heterocycles. The van der Waals surface area contributed by atoms with Gasteiger partial charge in [-0.1, -0.05) is 0 Å². The second-order valence-corrected chi connectivity index (χ2v) is 4.36. The van der Waals surface area contributed by atoms with Crippen LogP contribution in [0.2, 0.25) is 0 Å². The number of H-pyrrole nitrogens is 1. The molecule has 0 unspecified atom stereocenters. The monoisotopic (exact) mass is 277 g/mol. The van der Waals surface area contributed by atoms with Crippen LogP contribution in [0.1, 0.15) is 30.4 Å². The third-order valence-corrected chi connectivity index (χ3v) is 2.88. The molecule has 0 bridgehead atoms. The number of nitrogens with one attached hydrogen (secondary N) is 3. The summed E-state index contributed by atoms with van der Waals surface area (Å²) in [6.45, 7) is 1.40. The summed E-state index contributed by atoms with van der Waals surface area (Å²) < 4.78 is 35.9. The minimum Gasteiger partial charge on any atom is -0.341 e. The highest BCUT2D eigenvalue weighted by atomic mass is 19.4. The van der Waals surface area contributed by atoms with Crippen molar-refractivity contribution >= 4 is 5.91 Å². The quantitative estimate of drug-likeness (QED) is 0.749. The number of aromatic nitrogens is 3. The molecule has 0 aliphatic carbocycles. The van der Waals surface area contributed by atoms with Gasteiger partial charge in [0.05, 0.1) is 6.54 Å². The van der Waals surface area contributed by atoms with E-state index in [1.54, 1.807) is 5.32 Å². The summed E-state index contributed by atoms with van der Waals surface area (Å²) >= 11 is 0. The van der Waals surface area contributed by atoms with Crippen LogP contribution in [0.25, 0.3) is 0 Å². The lowest BCUT2D eigenvalue weighted by Crippen LogP contribution is -2.36. The number of carbonyl (C=O) groups excluding carboxylic acids is 1. The maximum Gasteiger partial charge on any atom is 0.471 e. The third-order valence-electron chi connectivity index (χ3n) is 2.88. The molecule has 1 atom stereocenters. The molecule has 0 radical (unpaired) electrons. The van der Waals surface area contributed by atoms with E-state index in [9.17, 15) is 18.0 Å². The number of amides is 1. The van der Waals surface area contributed by atoms with Gasteiger partial charge in [0.1, 0.15) is 5.82 Å². The summed E-state index contributed by atoms with van der Waals surface area (Å²) in [7, 11) is 0. The van der Waals surface area contributed by atoms with E-state index in [0.29, 0.717) is 5.82 Å². The summed E-state index contributed by atoms with van der Waals surface area (Å²) in [6, 6.07) is 0. The standard InChI is InChI=1S/C10H14F3N5O/c11-10(12,13)9(19)15-5-7-16-8(18-17-7)6-2-1-3-14-4-6/h6,14H,1-5H2,(H,15,19)(H,16,17,18)/t6-/m0/s1. The van der Waals surface area contributed by atoms with Crippen molar-refractivity contribution in [3.8, 4) is 0 Å². The van der Waals surface area contributed by atoms with Crippen molar-refractivity contribution in [2.75, 3.05) is 13.1 Å². The zero-order valence-electron chi connectivity index (χ0n) is 10.0. The lowest BCUT2D eigenvalue weighted by molar-refractivity contribution is -0.173. The molecule has 2 heterocycles. The van der Waals surface area contributed by atoms with E-state index >= 15 is 0 Å². The molecule has 2 rings (SSSR count). The molecule has 1 fully saturated rings. The van der Waals surface area contributed by atoms with Gasteiger partial charge >= 0.3 is 12.1 Å². The number of carbonyl (C=O) groups is 1. The maximum atomic E-state index is 12.0. The Kier molecular flexibility index (Phi) is 4.03. The molecule has 1 saturated heterocycles. The zero-order valence-corrected chi connectivity index (χ0v) is 10.0. The first-order chi connectivity index (χ1) is 8.97. The molecule has 106 valence electrons. The average molecular weight is 277 g/mol. The van der Waals surface area contributed by atoms with Crippen molar-refractivity contribution in [1.29, 1.82) is 0 Å². The van der Waals surface area contributed by atoms with Crippen LogP contribution in [-0.4, -0.2) is 40.4 Å². The normalized spacial score (nSPS) is 20.3. The van der Waals surface area contributed by atoms with E-state index in [4.69, 9.17) is 0 Å². The van der Waals surface area contributed by atoms with Gasteiger partial charge in [-0.3, -0.25) is 9.89 Å². The van der Waals surface area contributed by atoms with E-state index in [2.05, 4.69) is 20.5 Å². The predicted octanol–water partition coefficient (Wildman–Crippen LogP) is 0.450. The first-order valence-electron chi connectivity index (χ1n) is 5.93. The smallest absolute Gasteiger partial charge is 0.341 e. The first kappa shape index (κ1) is 13.8. The largest absolute Gasteiger partial charge is 0.471 e. The molecular weight excluding hydrogens is 263 g/mol. The number of aromatic amines is 1. The Morgan fingerprint density at radius 1 is 1.47 bits per heavy atom. The molecule has 9 heteroatoms. The fraction of sp³-hybridized carbons (Fsp3) is 0.700. The number of hydrogen-bond acceptors (Lipinski definition) is 4. The first-order valence-corrected chi connectivity index (χ1v) is 5.93. The zero-order chi connectivity index (χ0) is 13.9. The Bertz CT molecular complexity index is 439. The van der Waals surface area contributed by atoms with E-state index in [-0.39, 0.29) is 18.3 Å². The highest BCUT2D eigenvalue weighted by Crippen LogP contribution is 2.19. The molecule has 1 aromatic rings. The van der Waals surface area contributed by atoms with Crippen LogP contribution >= 0.6 is 0 Å². The van der Waals surface area contributed by atoms with Gasteiger partial charge in [0.15, 0.2) is 5.82 Å². The summed E-state index contributed by atoms with van der Waals surface area (Å²) in [5.74, 6) is -1.02. The Morgan fingerprint density at radius 3 is 2.89 bits per heavy atom. The highest BCUT2D eigenvalue weighted by Gasteiger charge is 2.38. The lowest BCUT2D eigenvalue weighted by atomic mass is 9.99. The number of alkyl halides is 3. The van der Waals surface area contributed by atoms with Gasteiger partial charge in [0.2, 0.25) is 0 Å². The van der Waals surface area contributed by atoms with Crippen LogP contribution in [0.5, 0.6) is 0 Å². The van der Waals surface area contributed by atoms with Gasteiger partial charge in [-0.25, -0.2) is 4.98 Å². The van der Waals surface area contributed by atoms with Crippen molar-refractivity contribution in [3.63, 3.8) is 0 Å². The average Bonchev–Trinajstić information content (AvgIpc) is 2.84. The summed E-state index contributed by atoms with van der Waals surface area (Å²) in [6.07, 6.45) is -2.92. The number of rotatable bonds is 3. The Balaban J connectivity index is 1.89. The third kappa shape index (κ3) is 3.66. The molecular formula is C10H14F3N5O. The molecule has 1 amide bonds. The molecule has 1 aliphatic rings. The van der Waals surface area contributed by atoms with Crippen molar-refractivity contribution in [2.45, 2.75) is 31.5 Å². The predicted molar refractivity (Wildman–Crippen MR) is 59.1 cm³/mol. The van der Waals surface area contributed by atoms with Crippen LogP contribution in [0.4, 0.5) is 13.2 Å². The number of hydrogen-bond donors (Lipinski definition) is 3. The van der Waals surface area contributed by atoms with Crippen LogP contribution in [0.15, 0.2) is 0 Å². The highest BCUT2D eigenvalue weighted by molar-refractivity contribution is 5.81. The van der Waals surface area contributed by atoms with Crippen molar-refractivity contribution in [1.82, 2.24) is 25.8 Å². The second kappa shape index (κ2) is 5.55. The molecule has 3 N–H and O–H groups in total. The molecule has 1 aliphatic heterocycles. The van der Waals surface area contributed by atoms with Crippen molar-refractivity contribution in [2.24, 2.45) is 0 Å². The van der Waals surface area contributed by atoms with E-state index < -0.39 is 12.1 Å². The van der Waals surface area contributed by atoms with Crippen LogP contribution in [-0.2, 0) is 11.3 Å². The second-order valence-electron chi connectivity index (χ2n) is 4.36. The number of piperidine rings is 1. The minimum atomic E-state index is -4.88. The van der Waals surface area contributed by atoms with E-state index in [1.807, 2.05) is 0 Å². The van der Waals surface area contributed by atoms with Crippen molar-refractivity contribution < 1.29 is 18.0 Å². The van der Waals surface area contributed by atoms with Gasteiger partial charge in [0.25, 0.3) is 0 Å². The number of nitrogens with zero attached hydrogens (tertiary/aromatic N) is 2. The summed E-state index contributed by atoms with van der Waals surface area (Å²) in [5.41, 5.74) is 0. The van der Waals surface area contributed by atoms with Crippen LogP contribution < -0.4 is 10.6 Å². The fourth-order valence-electron chi connectivity index (χ4n) is 1.91. The van der Waals surface area contributed by atoms with Gasteiger partial charge in [-0.15, -0.1) is 0 Å². The Labute approximate surface area is 107 Å². The lowest BCUT2D eigenvalue weighted by Gasteiger charge is -2.19. The maximum absolute atomic E-state index is 12.0. The summed E-state index contributed by atoms with van der Waals surface area (Å²) in [5, 5.41) is 11.5. The SMILES string of the molecule is O=C(NCc1nc([C@H]2CCCNC2)n[nH]1)C(F)(F)F. The van der Waals surface area contributed by atoms with Gasteiger partial charge < -0.3 is 10.6 Å². The fourth-order valence-corrected chi connectivity index (χ4v) is 1.91. The van der Waals surface area contributed by atoms with E-state index in [0.717, 1.165) is 25.9 Å². The summed E-state index contributed by atoms with van der Waals surface area (Å²) in [4.78, 5) is 14.7. The van der Waals surface area contributed by atoms with Gasteiger partial charge in [0, 0.05) is 12.5 Å². The number of halogens is 3. The topological polar surface area (TPSA) is 82.7 Å². The van der Waals surface area contributed by atoms with Gasteiger partial charge in [-0.05, 0) is 19.4 Å². The molecule has 0 spiro atoms. The molecule has 0 saturated carbocycles. The van der Waals surface area contributed by atoms with Crippen molar-refractivity contribution in [3.05, 3.63) is 11.6 Å². The Hall–Kier alpha value is -1.64. The molecule has 19 heavy (non-hydrogen) atoms. The molecule has 6 nitrogen and oxygen atoms in total. The van der Waals surface area contributed by atoms with Crippen LogP contribution in [0.3, 0.4) is 0 Å².